The molecule has 0 aromatic carbocycles. The Labute approximate surface area is 178 Å². The number of aromatic nitrogens is 1. The second-order valence-corrected chi connectivity index (χ2v) is 11.3. The summed E-state index contributed by atoms with van der Waals surface area (Å²) in [5.41, 5.74) is 2.44. The summed E-state index contributed by atoms with van der Waals surface area (Å²) in [6.07, 6.45) is 7.74. The summed E-state index contributed by atoms with van der Waals surface area (Å²) in [6, 6.07) is 2.05. The van der Waals surface area contributed by atoms with Crippen LogP contribution in [0.2, 0.25) is 0 Å². The lowest BCUT2D eigenvalue weighted by Gasteiger charge is -2.38. The normalized spacial score (nSPS) is 24.0. The van der Waals surface area contributed by atoms with Crippen LogP contribution in [-0.2, 0) is 19.4 Å². The maximum absolute atomic E-state index is 13.1. The van der Waals surface area contributed by atoms with Crippen LogP contribution in [0.5, 0.6) is 0 Å². The number of ether oxygens (including phenoxy) is 1. The van der Waals surface area contributed by atoms with Gasteiger partial charge in [0.1, 0.15) is 0 Å². The summed E-state index contributed by atoms with van der Waals surface area (Å²) in [5, 5.41) is 0. The first kappa shape index (κ1) is 21.4. The zero-order valence-corrected chi connectivity index (χ0v) is 18.7. The lowest BCUT2D eigenvalue weighted by Crippen LogP contribution is -2.50. The van der Waals surface area contributed by atoms with Gasteiger partial charge in [0.05, 0.1) is 17.1 Å². The van der Waals surface area contributed by atoms with Gasteiger partial charge >= 0.3 is 5.97 Å². The standard InChI is InChI=1S/C22H32N2O5S/c1-15-12-20(16(2)23(15)18-8-9-18)22(26)29-13-21(25)24(17-6-4-3-5-7-17)19-10-11-30(27,28)14-19/h12,17-19H,3-11,13-14H2,1-2H3/t19-/m0/s1. The number of esters is 1. The fraction of sp³-hybridized carbons (Fsp3) is 0.727. The minimum atomic E-state index is -3.10. The maximum atomic E-state index is 13.1. The van der Waals surface area contributed by atoms with Gasteiger partial charge in [-0.25, -0.2) is 13.2 Å². The molecule has 1 amide bonds. The summed E-state index contributed by atoms with van der Waals surface area (Å²) >= 11 is 0. The third-order valence-electron chi connectivity index (χ3n) is 6.80. The first-order chi connectivity index (χ1) is 14.3. The molecule has 8 heteroatoms. The number of nitrogens with zero attached hydrogens (tertiary/aromatic N) is 2. The molecular formula is C22H32N2O5S. The molecule has 4 rings (SSSR count). The molecule has 0 radical (unpaired) electrons. The fourth-order valence-corrected chi connectivity index (χ4v) is 6.93. The molecule has 2 heterocycles. The molecule has 2 saturated carbocycles. The van der Waals surface area contributed by atoms with Crippen molar-refractivity contribution >= 4 is 21.7 Å². The van der Waals surface area contributed by atoms with Crippen molar-refractivity contribution in [2.75, 3.05) is 18.1 Å². The van der Waals surface area contributed by atoms with E-state index in [0.717, 1.165) is 56.3 Å². The van der Waals surface area contributed by atoms with Crippen molar-refractivity contribution < 1.29 is 22.7 Å². The second-order valence-electron chi connectivity index (χ2n) is 9.11. The quantitative estimate of drug-likeness (QED) is 0.640. The smallest absolute Gasteiger partial charge is 0.340 e. The number of hydrogen-bond donors (Lipinski definition) is 0. The molecule has 0 spiro atoms. The van der Waals surface area contributed by atoms with Crippen LogP contribution in [0.1, 0.15) is 79.2 Å². The predicted molar refractivity (Wildman–Crippen MR) is 113 cm³/mol. The van der Waals surface area contributed by atoms with Crippen LogP contribution in [-0.4, -0.2) is 60.0 Å². The molecule has 1 saturated heterocycles. The number of amides is 1. The minimum absolute atomic E-state index is 0.0196. The third-order valence-corrected chi connectivity index (χ3v) is 8.55. The van der Waals surface area contributed by atoms with Crippen molar-refractivity contribution in [3.8, 4) is 0 Å². The summed E-state index contributed by atoms with van der Waals surface area (Å²) in [6.45, 7) is 3.57. The minimum Gasteiger partial charge on any atom is -0.452 e. The predicted octanol–water partition coefficient (Wildman–Crippen LogP) is 2.95. The molecule has 0 unspecified atom stereocenters. The van der Waals surface area contributed by atoms with Gasteiger partial charge in [-0.3, -0.25) is 4.79 Å². The van der Waals surface area contributed by atoms with Crippen LogP contribution >= 0.6 is 0 Å². The molecular weight excluding hydrogens is 404 g/mol. The molecule has 1 aromatic heterocycles. The molecule has 3 aliphatic rings. The van der Waals surface area contributed by atoms with Crippen LogP contribution in [0, 0.1) is 13.8 Å². The van der Waals surface area contributed by atoms with Crippen molar-refractivity contribution in [3.63, 3.8) is 0 Å². The van der Waals surface area contributed by atoms with Gasteiger partial charge in [-0.15, -0.1) is 0 Å². The van der Waals surface area contributed by atoms with Crippen molar-refractivity contribution in [3.05, 3.63) is 23.0 Å². The van der Waals surface area contributed by atoms with E-state index in [-0.39, 0.29) is 36.1 Å². The van der Waals surface area contributed by atoms with E-state index in [9.17, 15) is 18.0 Å². The molecule has 3 fully saturated rings. The van der Waals surface area contributed by atoms with Crippen LogP contribution < -0.4 is 0 Å². The van der Waals surface area contributed by atoms with E-state index < -0.39 is 15.8 Å². The van der Waals surface area contributed by atoms with Gasteiger partial charge in [0.25, 0.3) is 5.91 Å². The fourth-order valence-electron chi connectivity index (χ4n) is 5.22. The second kappa shape index (κ2) is 8.36. The van der Waals surface area contributed by atoms with Crippen LogP contribution in [0.15, 0.2) is 6.07 Å². The van der Waals surface area contributed by atoms with E-state index in [0.29, 0.717) is 18.0 Å². The molecule has 0 N–H and O–H groups in total. The summed E-state index contributed by atoms with van der Waals surface area (Å²) in [4.78, 5) is 27.5. The van der Waals surface area contributed by atoms with E-state index in [4.69, 9.17) is 4.74 Å². The maximum Gasteiger partial charge on any atom is 0.340 e. The first-order valence-electron chi connectivity index (χ1n) is 11.1. The van der Waals surface area contributed by atoms with Crippen molar-refractivity contribution in [2.45, 2.75) is 83.3 Å². The van der Waals surface area contributed by atoms with Gasteiger partial charge in [0.15, 0.2) is 16.4 Å². The Balaban J connectivity index is 1.44. The zero-order chi connectivity index (χ0) is 21.5. The third kappa shape index (κ3) is 4.43. The topological polar surface area (TPSA) is 85.7 Å². The highest BCUT2D eigenvalue weighted by molar-refractivity contribution is 7.91. The van der Waals surface area contributed by atoms with Crippen LogP contribution in [0.25, 0.3) is 0 Å². The Morgan fingerprint density at radius 3 is 2.37 bits per heavy atom. The highest BCUT2D eigenvalue weighted by Crippen LogP contribution is 2.38. The number of aryl methyl sites for hydroxylation is 1. The number of carbonyl (C=O) groups is 2. The Kier molecular flexibility index (Phi) is 5.97. The first-order valence-corrected chi connectivity index (χ1v) is 13.0. The van der Waals surface area contributed by atoms with Gasteiger partial charge in [0, 0.05) is 29.5 Å². The zero-order valence-electron chi connectivity index (χ0n) is 17.9. The Morgan fingerprint density at radius 1 is 1.07 bits per heavy atom. The summed E-state index contributed by atoms with van der Waals surface area (Å²) in [7, 11) is -3.10. The number of sulfone groups is 1. The average molecular weight is 437 g/mol. The lowest BCUT2D eigenvalue weighted by atomic mass is 9.93. The van der Waals surface area contributed by atoms with E-state index in [1.54, 1.807) is 4.90 Å². The monoisotopic (exact) mass is 436 g/mol. The van der Waals surface area contributed by atoms with Gasteiger partial charge in [-0.1, -0.05) is 19.3 Å². The number of carbonyl (C=O) groups excluding carboxylic acids is 2. The molecule has 166 valence electrons. The van der Waals surface area contributed by atoms with Crippen molar-refractivity contribution in [1.29, 1.82) is 0 Å². The van der Waals surface area contributed by atoms with Crippen molar-refractivity contribution in [1.82, 2.24) is 9.47 Å². The Hall–Kier alpha value is -1.83. The lowest BCUT2D eigenvalue weighted by molar-refractivity contribution is -0.140. The van der Waals surface area contributed by atoms with E-state index in [1.165, 1.54) is 0 Å². The number of hydrogen-bond acceptors (Lipinski definition) is 5. The highest BCUT2D eigenvalue weighted by Gasteiger charge is 2.39. The molecule has 7 nitrogen and oxygen atoms in total. The van der Waals surface area contributed by atoms with Gasteiger partial charge < -0.3 is 14.2 Å². The molecule has 2 aliphatic carbocycles. The van der Waals surface area contributed by atoms with Gasteiger partial charge in [-0.2, -0.15) is 0 Å². The highest BCUT2D eigenvalue weighted by atomic mass is 32.2. The van der Waals surface area contributed by atoms with Gasteiger partial charge in [0.2, 0.25) is 0 Å². The molecule has 1 atom stereocenters. The average Bonchev–Trinajstić information content (AvgIpc) is 3.41. The summed E-state index contributed by atoms with van der Waals surface area (Å²) < 4.78 is 31.6. The largest absolute Gasteiger partial charge is 0.452 e. The Bertz CT molecular complexity index is 926. The molecule has 0 bridgehead atoms. The number of rotatable bonds is 6. The van der Waals surface area contributed by atoms with Gasteiger partial charge in [-0.05, 0) is 52.0 Å². The van der Waals surface area contributed by atoms with Crippen LogP contribution in [0.3, 0.4) is 0 Å². The molecule has 1 aliphatic heterocycles. The van der Waals surface area contributed by atoms with E-state index >= 15 is 0 Å². The molecule has 30 heavy (non-hydrogen) atoms. The van der Waals surface area contributed by atoms with E-state index in [2.05, 4.69) is 4.57 Å². The van der Waals surface area contributed by atoms with Crippen molar-refractivity contribution in [2.24, 2.45) is 0 Å². The SMILES string of the molecule is Cc1cc(C(=O)OCC(=O)N(C2CCCCC2)[C@H]2CCS(=O)(=O)C2)c(C)n1C1CC1. The van der Waals surface area contributed by atoms with E-state index in [1.807, 2.05) is 19.9 Å². The Morgan fingerprint density at radius 2 is 1.77 bits per heavy atom. The summed E-state index contributed by atoms with van der Waals surface area (Å²) in [5.74, 6) is -0.605. The molecule has 1 aromatic rings. The van der Waals surface area contributed by atoms with Crippen LogP contribution in [0.4, 0.5) is 0 Å².